The number of carbonyl (C=O) groups is 1. The molecule has 0 bridgehead atoms. The molecule has 0 aliphatic carbocycles. The van der Waals surface area contributed by atoms with E-state index in [9.17, 15) is 9.18 Å². The fraction of sp³-hybridized carbons (Fsp3) is 0.333. The Morgan fingerprint density at radius 2 is 1.97 bits per heavy atom. The average molecular weight is 440 g/mol. The first-order valence-electron chi connectivity index (χ1n) is 10.3. The Hall–Kier alpha value is -3.23. The summed E-state index contributed by atoms with van der Waals surface area (Å²) >= 11 is 0. The van der Waals surface area contributed by atoms with Gasteiger partial charge in [0.05, 0.1) is 38.3 Å². The number of aromatic nitrogens is 2. The molecule has 1 saturated heterocycles. The van der Waals surface area contributed by atoms with Crippen LogP contribution in [0, 0.1) is 5.82 Å². The normalized spacial score (nSPS) is 14.1. The lowest BCUT2D eigenvalue weighted by atomic mass is 10.1. The number of esters is 1. The maximum atomic E-state index is 14.6. The fourth-order valence-corrected chi connectivity index (χ4v) is 3.28. The number of hydrogen-bond acceptors (Lipinski definition) is 6. The maximum absolute atomic E-state index is 14.6. The summed E-state index contributed by atoms with van der Waals surface area (Å²) < 4.78 is 37.8. The molecule has 168 valence electrons. The van der Waals surface area contributed by atoms with Crippen molar-refractivity contribution in [3.05, 3.63) is 66.1 Å². The van der Waals surface area contributed by atoms with Gasteiger partial charge in [-0.05, 0) is 44.2 Å². The van der Waals surface area contributed by atoms with Gasteiger partial charge in [0.2, 0.25) is 0 Å². The largest absolute Gasteiger partial charge is 0.486 e. The molecule has 1 aromatic heterocycles. The van der Waals surface area contributed by atoms with Crippen molar-refractivity contribution in [2.75, 3.05) is 20.3 Å². The SMILES string of the molecule is COC(=O)C(C)(C)OCc1cc(-c2cccc(OC3COC3)c2)n(-c2ccccc2F)n1. The maximum Gasteiger partial charge on any atom is 0.337 e. The van der Waals surface area contributed by atoms with Crippen molar-refractivity contribution >= 4 is 5.97 Å². The molecule has 1 aliphatic heterocycles. The summed E-state index contributed by atoms with van der Waals surface area (Å²) in [4.78, 5) is 11.9. The van der Waals surface area contributed by atoms with Gasteiger partial charge in [-0.2, -0.15) is 5.10 Å². The van der Waals surface area contributed by atoms with Gasteiger partial charge in [-0.25, -0.2) is 13.9 Å². The van der Waals surface area contributed by atoms with Crippen LogP contribution in [0.25, 0.3) is 16.9 Å². The highest BCUT2D eigenvalue weighted by Gasteiger charge is 2.30. The Bertz CT molecular complexity index is 1110. The minimum atomic E-state index is -1.14. The predicted molar refractivity (Wildman–Crippen MR) is 115 cm³/mol. The van der Waals surface area contributed by atoms with E-state index in [0.717, 1.165) is 5.56 Å². The van der Waals surface area contributed by atoms with Gasteiger partial charge < -0.3 is 18.9 Å². The van der Waals surface area contributed by atoms with Crippen LogP contribution in [0.5, 0.6) is 5.75 Å². The third-order valence-corrected chi connectivity index (χ3v) is 5.14. The first-order valence-corrected chi connectivity index (χ1v) is 10.3. The summed E-state index contributed by atoms with van der Waals surface area (Å²) in [6.07, 6.45) is 0.0336. The highest BCUT2D eigenvalue weighted by atomic mass is 19.1. The molecule has 0 unspecified atom stereocenters. The van der Waals surface area contributed by atoms with Crippen LogP contribution in [0.15, 0.2) is 54.6 Å². The molecule has 1 fully saturated rings. The molecule has 3 aromatic rings. The van der Waals surface area contributed by atoms with Gasteiger partial charge in [-0.1, -0.05) is 24.3 Å². The average Bonchev–Trinajstić information content (AvgIpc) is 3.19. The summed E-state index contributed by atoms with van der Waals surface area (Å²) in [5.41, 5.74) is 1.17. The van der Waals surface area contributed by atoms with Crippen LogP contribution in [-0.2, 0) is 25.6 Å². The number of benzene rings is 2. The smallest absolute Gasteiger partial charge is 0.337 e. The van der Waals surface area contributed by atoms with Crippen molar-refractivity contribution in [2.45, 2.75) is 32.2 Å². The summed E-state index contributed by atoms with van der Waals surface area (Å²) in [7, 11) is 1.31. The molecule has 0 atom stereocenters. The van der Waals surface area contributed by atoms with Crippen molar-refractivity contribution in [1.29, 1.82) is 0 Å². The van der Waals surface area contributed by atoms with E-state index in [1.165, 1.54) is 17.9 Å². The van der Waals surface area contributed by atoms with E-state index in [1.54, 1.807) is 32.0 Å². The van der Waals surface area contributed by atoms with E-state index in [1.807, 2.05) is 30.3 Å². The number of ether oxygens (including phenoxy) is 4. The predicted octanol–water partition coefficient (Wildman–Crippen LogP) is 3.92. The van der Waals surface area contributed by atoms with E-state index in [2.05, 4.69) is 5.10 Å². The van der Waals surface area contributed by atoms with E-state index < -0.39 is 17.4 Å². The van der Waals surface area contributed by atoms with Crippen LogP contribution in [0.3, 0.4) is 0 Å². The summed E-state index contributed by atoms with van der Waals surface area (Å²) in [5, 5.41) is 4.56. The zero-order valence-corrected chi connectivity index (χ0v) is 18.2. The number of halogens is 1. The Kier molecular flexibility index (Phi) is 6.25. The molecule has 2 aromatic carbocycles. The third-order valence-electron chi connectivity index (χ3n) is 5.14. The molecule has 1 aliphatic rings. The fourth-order valence-electron chi connectivity index (χ4n) is 3.28. The molecule has 32 heavy (non-hydrogen) atoms. The zero-order chi connectivity index (χ0) is 22.7. The third kappa shape index (κ3) is 4.66. The van der Waals surface area contributed by atoms with Crippen molar-refractivity contribution in [2.24, 2.45) is 0 Å². The lowest BCUT2D eigenvalue weighted by Gasteiger charge is -2.26. The van der Waals surface area contributed by atoms with Crippen LogP contribution in [-0.4, -0.2) is 47.8 Å². The highest BCUT2D eigenvalue weighted by molar-refractivity contribution is 5.78. The molecular formula is C24H25FN2O5. The van der Waals surface area contributed by atoms with Gasteiger partial charge in [0, 0.05) is 5.56 Å². The van der Waals surface area contributed by atoms with E-state index >= 15 is 0 Å². The molecule has 0 spiro atoms. The quantitative estimate of drug-likeness (QED) is 0.495. The standard InChI is InChI=1S/C24H25FN2O5/c1-24(2,23(28)29-3)31-13-17-12-22(27(26-17)21-10-5-4-9-20(21)25)16-7-6-8-18(11-16)32-19-14-30-15-19/h4-12,19H,13-15H2,1-3H3. The summed E-state index contributed by atoms with van der Waals surface area (Å²) in [5.74, 6) is -0.198. The van der Waals surface area contributed by atoms with Gasteiger partial charge in [0.25, 0.3) is 0 Å². The Morgan fingerprint density at radius 3 is 2.66 bits per heavy atom. The first-order chi connectivity index (χ1) is 15.4. The first kappa shape index (κ1) is 22.0. The summed E-state index contributed by atoms with van der Waals surface area (Å²) in [6, 6.07) is 15.8. The van der Waals surface area contributed by atoms with Crippen molar-refractivity contribution in [3.63, 3.8) is 0 Å². The van der Waals surface area contributed by atoms with Crippen LogP contribution >= 0.6 is 0 Å². The Labute approximate surface area is 185 Å². The monoisotopic (exact) mass is 440 g/mol. The van der Waals surface area contributed by atoms with E-state index in [4.69, 9.17) is 18.9 Å². The Balaban J connectivity index is 1.68. The second kappa shape index (κ2) is 9.10. The number of nitrogens with zero attached hydrogens (tertiary/aromatic N) is 2. The van der Waals surface area contributed by atoms with Gasteiger partial charge in [0.15, 0.2) is 5.60 Å². The molecule has 0 amide bonds. The van der Waals surface area contributed by atoms with Crippen molar-refractivity contribution in [1.82, 2.24) is 9.78 Å². The number of carbonyl (C=O) groups excluding carboxylic acids is 1. The molecule has 0 N–H and O–H groups in total. The Morgan fingerprint density at radius 1 is 1.19 bits per heavy atom. The van der Waals surface area contributed by atoms with E-state index in [0.29, 0.717) is 36.0 Å². The van der Waals surface area contributed by atoms with E-state index in [-0.39, 0.29) is 12.7 Å². The summed E-state index contributed by atoms with van der Waals surface area (Å²) in [6.45, 7) is 4.42. The van der Waals surface area contributed by atoms with Crippen molar-refractivity contribution in [3.8, 4) is 22.7 Å². The van der Waals surface area contributed by atoms with Crippen LogP contribution in [0.1, 0.15) is 19.5 Å². The van der Waals surface area contributed by atoms with Gasteiger partial charge in [0.1, 0.15) is 23.4 Å². The van der Waals surface area contributed by atoms with Crippen LogP contribution < -0.4 is 4.74 Å². The van der Waals surface area contributed by atoms with Crippen LogP contribution in [0.2, 0.25) is 0 Å². The molecule has 2 heterocycles. The van der Waals surface area contributed by atoms with Gasteiger partial charge in [-0.15, -0.1) is 0 Å². The number of methoxy groups -OCH3 is 1. The lowest BCUT2D eigenvalue weighted by molar-refractivity contribution is -0.166. The molecule has 7 nitrogen and oxygen atoms in total. The second-order valence-electron chi connectivity index (χ2n) is 7.98. The molecular weight excluding hydrogens is 415 g/mol. The van der Waals surface area contributed by atoms with Crippen LogP contribution in [0.4, 0.5) is 4.39 Å². The topological polar surface area (TPSA) is 71.8 Å². The van der Waals surface area contributed by atoms with Crippen molar-refractivity contribution < 1.29 is 28.1 Å². The lowest BCUT2D eigenvalue weighted by Crippen LogP contribution is -2.38. The molecule has 4 rings (SSSR count). The zero-order valence-electron chi connectivity index (χ0n) is 18.2. The molecule has 0 saturated carbocycles. The molecule has 8 heteroatoms. The number of rotatable bonds is 8. The number of para-hydroxylation sites is 1. The molecule has 0 radical (unpaired) electrons. The minimum absolute atomic E-state index is 0.0336. The van der Waals surface area contributed by atoms with Gasteiger partial charge in [-0.3, -0.25) is 0 Å². The van der Waals surface area contributed by atoms with Gasteiger partial charge >= 0.3 is 5.97 Å². The highest BCUT2D eigenvalue weighted by Crippen LogP contribution is 2.29. The minimum Gasteiger partial charge on any atom is -0.486 e. The number of hydrogen-bond donors (Lipinski definition) is 0. The second-order valence-corrected chi connectivity index (χ2v) is 7.98.